The second-order valence-corrected chi connectivity index (χ2v) is 11.8. The maximum absolute atomic E-state index is 3.39. The molecule has 2 aromatic heterocycles. The summed E-state index contributed by atoms with van der Waals surface area (Å²) in [6.07, 6.45) is 2.89. The molecule has 5 heterocycles. The van der Waals surface area contributed by atoms with E-state index in [4.69, 9.17) is 0 Å². The molecule has 1 N–H and O–H groups in total. The highest BCUT2D eigenvalue weighted by Crippen LogP contribution is 2.33. The molecule has 194 valence electrons. The molecular formula is C28H36BrClN4S2. The Hall–Kier alpha value is -1.35. The molecule has 36 heavy (non-hydrogen) atoms. The molecule has 1 spiro atoms. The van der Waals surface area contributed by atoms with Gasteiger partial charge in [-0.2, -0.15) is 0 Å². The van der Waals surface area contributed by atoms with Crippen LogP contribution < -0.4 is 32.1 Å². The van der Waals surface area contributed by atoms with E-state index < -0.39 is 0 Å². The van der Waals surface area contributed by atoms with Crippen molar-refractivity contribution in [3.63, 3.8) is 0 Å². The van der Waals surface area contributed by atoms with Crippen molar-refractivity contribution in [3.05, 3.63) is 59.3 Å². The lowest BCUT2D eigenvalue weighted by molar-refractivity contribution is -0.917. The summed E-state index contributed by atoms with van der Waals surface area (Å²) in [6.45, 7) is 12.4. The molecule has 3 fully saturated rings. The number of piperazine rings is 2. The lowest BCUT2D eigenvalue weighted by Crippen LogP contribution is -3.00. The van der Waals surface area contributed by atoms with Gasteiger partial charge in [-0.15, -0.1) is 35.1 Å². The SMILES string of the molecule is Cl.[Br-].c1cc(N2CCNCC2)c2ccsc2c1.c1cc(N2CC[N+]3(CCCC3)CC2)c2ccsc2c1. The molecule has 3 aliphatic rings. The van der Waals surface area contributed by atoms with Crippen LogP contribution in [0.1, 0.15) is 12.8 Å². The Morgan fingerprint density at radius 2 is 1.14 bits per heavy atom. The molecule has 4 aromatic rings. The van der Waals surface area contributed by atoms with Gasteiger partial charge in [0, 0.05) is 70.6 Å². The van der Waals surface area contributed by atoms with E-state index in [1.807, 2.05) is 22.7 Å². The minimum atomic E-state index is 0. The molecule has 0 radical (unpaired) electrons. The number of halogens is 2. The summed E-state index contributed by atoms with van der Waals surface area (Å²) in [5.41, 5.74) is 2.85. The first-order valence-corrected chi connectivity index (χ1v) is 14.6. The van der Waals surface area contributed by atoms with Gasteiger partial charge in [-0.1, -0.05) is 12.1 Å². The van der Waals surface area contributed by atoms with Gasteiger partial charge in [0.05, 0.1) is 39.3 Å². The second kappa shape index (κ2) is 12.5. The minimum absolute atomic E-state index is 0. The fraction of sp³-hybridized carbons (Fsp3) is 0.429. The lowest BCUT2D eigenvalue weighted by atomic mass is 10.1. The zero-order valence-electron chi connectivity index (χ0n) is 20.7. The van der Waals surface area contributed by atoms with Gasteiger partial charge in [0.2, 0.25) is 0 Å². The largest absolute Gasteiger partial charge is 1.00 e. The van der Waals surface area contributed by atoms with Gasteiger partial charge < -0.3 is 36.6 Å². The number of nitrogens with zero attached hydrogens (tertiary/aromatic N) is 3. The van der Waals surface area contributed by atoms with Gasteiger partial charge >= 0.3 is 0 Å². The Bertz CT molecular complexity index is 1240. The van der Waals surface area contributed by atoms with Crippen molar-refractivity contribution >= 4 is 66.6 Å². The fourth-order valence-corrected chi connectivity index (χ4v) is 7.61. The maximum Gasteiger partial charge on any atom is 0.0965 e. The molecular weight excluding hydrogens is 572 g/mol. The topological polar surface area (TPSA) is 18.5 Å². The molecule has 0 unspecified atom stereocenters. The van der Waals surface area contributed by atoms with Crippen LogP contribution in [0.15, 0.2) is 59.3 Å². The van der Waals surface area contributed by atoms with E-state index >= 15 is 0 Å². The second-order valence-electron chi connectivity index (χ2n) is 9.89. The third kappa shape index (κ3) is 5.71. The highest BCUT2D eigenvalue weighted by Gasteiger charge is 2.35. The number of hydrogen-bond donors (Lipinski definition) is 1. The van der Waals surface area contributed by atoms with E-state index in [0.29, 0.717) is 0 Å². The average Bonchev–Trinajstić information content (AvgIpc) is 3.66. The summed E-state index contributed by atoms with van der Waals surface area (Å²) >= 11 is 3.68. The smallest absolute Gasteiger partial charge is 0.0965 e. The van der Waals surface area contributed by atoms with Gasteiger partial charge in [0.15, 0.2) is 0 Å². The van der Waals surface area contributed by atoms with Gasteiger partial charge in [0.25, 0.3) is 0 Å². The van der Waals surface area contributed by atoms with Crippen molar-refractivity contribution in [1.82, 2.24) is 5.32 Å². The Labute approximate surface area is 239 Å². The molecule has 3 saturated heterocycles. The molecule has 0 saturated carbocycles. The van der Waals surface area contributed by atoms with Gasteiger partial charge in [-0.25, -0.2) is 0 Å². The first kappa shape index (κ1) is 27.7. The standard InChI is InChI=1S/C16H21N2S.C12H14N2S.BrH.ClH/c1-2-10-18(9-1)11-7-17(8-12-18)15-4-3-5-16-14(15)6-13-19-16;1-2-11(14-7-5-13-6-8-14)10-4-9-15-12(10)3-1;;/h3-6,13H,1-2,7-12H2;1-4,9,13H,5-8H2;2*1H/q+1;;;/p-1. The Morgan fingerprint density at radius 3 is 1.67 bits per heavy atom. The van der Waals surface area contributed by atoms with Crippen LogP contribution in [0.4, 0.5) is 11.4 Å². The number of nitrogens with one attached hydrogen (secondary N) is 1. The number of hydrogen-bond acceptors (Lipinski definition) is 5. The third-order valence-corrected chi connectivity index (χ3v) is 9.71. The fourth-order valence-electron chi connectivity index (χ4n) is 6.00. The number of anilines is 2. The molecule has 7 rings (SSSR count). The first-order chi connectivity index (χ1) is 16.8. The van der Waals surface area contributed by atoms with Crippen LogP contribution in [0, 0.1) is 0 Å². The van der Waals surface area contributed by atoms with Crippen LogP contribution in [-0.4, -0.2) is 69.9 Å². The molecule has 0 aliphatic carbocycles. The Kier molecular flexibility index (Phi) is 9.58. The predicted octanol–water partition coefficient (Wildman–Crippen LogP) is 3.07. The summed E-state index contributed by atoms with van der Waals surface area (Å²) in [6, 6.07) is 17.9. The van der Waals surface area contributed by atoms with Crippen molar-refractivity contribution in [2.24, 2.45) is 0 Å². The molecule has 0 bridgehead atoms. The van der Waals surface area contributed by atoms with Crippen LogP contribution in [0.2, 0.25) is 0 Å². The van der Waals surface area contributed by atoms with Crippen molar-refractivity contribution in [2.75, 3.05) is 75.2 Å². The Morgan fingerprint density at radius 1 is 0.639 bits per heavy atom. The van der Waals surface area contributed by atoms with Crippen molar-refractivity contribution in [2.45, 2.75) is 12.8 Å². The van der Waals surface area contributed by atoms with E-state index in [1.165, 1.54) is 88.1 Å². The zero-order valence-corrected chi connectivity index (χ0v) is 24.7. The first-order valence-electron chi connectivity index (χ1n) is 12.8. The summed E-state index contributed by atoms with van der Waals surface area (Å²) in [5, 5.41) is 10.6. The summed E-state index contributed by atoms with van der Waals surface area (Å²) < 4.78 is 4.22. The van der Waals surface area contributed by atoms with Gasteiger partial charge in [-0.05, 0) is 47.2 Å². The van der Waals surface area contributed by atoms with Gasteiger partial charge in [-0.3, -0.25) is 0 Å². The third-order valence-electron chi connectivity index (χ3n) is 7.95. The predicted molar refractivity (Wildman–Crippen MR) is 157 cm³/mol. The van der Waals surface area contributed by atoms with E-state index in [0.717, 1.165) is 26.2 Å². The number of rotatable bonds is 2. The van der Waals surface area contributed by atoms with Crippen LogP contribution in [-0.2, 0) is 0 Å². The maximum atomic E-state index is 3.39. The normalized spacial score (nSPS) is 19.0. The molecule has 0 amide bonds. The van der Waals surface area contributed by atoms with Crippen molar-refractivity contribution in [1.29, 1.82) is 0 Å². The number of quaternary nitrogens is 1. The minimum Gasteiger partial charge on any atom is -1.00 e. The number of fused-ring (bicyclic) bond motifs is 2. The summed E-state index contributed by atoms with van der Waals surface area (Å²) in [5.74, 6) is 0. The van der Waals surface area contributed by atoms with Crippen LogP contribution in [0.5, 0.6) is 0 Å². The monoisotopic (exact) mass is 606 g/mol. The average molecular weight is 608 g/mol. The van der Waals surface area contributed by atoms with Crippen molar-refractivity contribution < 1.29 is 21.5 Å². The van der Waals surface area contributed by atoms with E-state index in [9.17, 15) is 0 Å². The number of thiophene rings is 2. The molecule has 2 aromatic carbocycles. The molecule has 0 atom stereocenters. The van der Waals surface area contributed by atoms with Crippen LogP contribution in [0.25, 0.3) is 20.2 Å². The van der Waals surface area contributed by atoms with Crippen LogP contribution in [0.3, 0.4) is 0 Å². The highest BCUT2D eigenvalue weighted by atomic mass is 79.9. The zero-order chi connectivity index (χ0) is 22.8. The molecule has 8 heteroatoms. The lowest BCUT2D eigenvalue weighted by Gasteiger charge is -2.43. The molecule has 4 nitrogen and oxygen atoms in total. The van der Waals surface area contributed by atoms with Crippen LogP contribution >= 0.6 is 35.1 Å². The highest BCUT2D eigenvalue weighted by molar-refractivity contribution is 7.17. The van der Waals surface area contributed by atoms with Gasteiger partial charge in [0.1, 0.15) is 0 Å². The van der Waals surface area contributed by atoms with E-state index in [1.54, 1.807) is 0 Å². The summed E-state index contributed by atoms with van der Waals surface area (Å²) in [7, 11) is 0. The van der Waals surface area contributed by atoms with E-state index in [-0.39, 0.29) is 29.4 Å². The summed E-state index contributed by atoms with van der Waals surface area (Å²) in [4.78, 5) is 5.09. The van der Waals surface area contributed by atoms with Crippen molar-refractivity contribution in [3.8, 4) is 0 Å². The number of benzene rings is 2. The van der Waals surface area contributed by atoms with E-state index in [2.05, 4.69) is 74.4 Å². The Balaban J connectivity index is 0.000000164. The quantitative estimate of drug-likeness (QED) is 0.354. The molecule has 3 aliphatic heterocycles.